The fraction of sp³-hybridized carbons (Fsp3) is 0.600. The second-order valence-corrected chi connectivity index (χ2v) is 2.15. The van der Waals surface area contributed by atoms with Gasteiger partial charge in [-0.1, -0.05) is 0 Å². The third kappa shape index (κ3) is 5.16. The van der Waals surface area contributed by atoms with E-state index in [0.29, 0.717) is 0 Å². The van der Waals surface area contributed by atoms with Gasteiger partial charge in [-0.15, -0.1) is 0 Å². The van der Waals surface area contributed by atoms with Gasteiger partial charge in [0, 0.05) is 6.42 Å². The van der Waals surface area contributed by atoms with E-state index in [9.17, 15) is 4.79 Å². The predicted molar refractivity (Wildman–Crippen MR) is 39.8 cm³/mol. The van der Waals surface area contributed by atoms with Crippen molar-refractivity contribution in [3.63, 3.8) is 0 Å². The van der Waals surface area contributed by atoms with Crippen LogP contribution in [0.15, 0.2) is 4.99 Å². The zero-order chi connectivity index (χ0) is 8.85. The lowest BCUT2D eigenvalue weighted by atomic mass is 10.2. The van der Waals surface area contributed by atoms with Crippen molar-refractivity contribution < 1.29 is 10.0 Å². The Morgan fingerprint density at radius 2 is 2.27 bits per heavy atom. The molecular formula is C5H12N4O2. The standard InChI is InChI=1S/C5H12N4O2/c1-3(2-4(6)10)8-5(7)9-11/h3,11H,2H2,1H3,(H2,6,10)(H3,7,8,9). The normalized spacial score (nSPS) is 14.2. The summed E-state index contributed by atoms with van der Waals surface area (Å²) in [5.41, 5.74) is 11.6. The molecule has 0 bridgehead atoms. The van der Waals surface area contributed by atoms with E-state index in [1.807, 2.05) is 0 Å². The third-order valence-corrected chi connectivity index (χ3v) is 0.971. The van der Waals surface area contributed by atoms with Crippen molar-refractivity contribution in [1.82, 2.24) is 5.48 Å². The average molecular weight is 160 g/mol. The molecule has 11 heavy (non-hydrogen) atoms. The SMILES string of the molecule is CC(CC(N)=O)N=C(N)NO. The molecule has 0 aliphatic carbocycles. The number of nitrogens with one attached hydrogen (secondary N) is 1. The van der Waals surface area contributed by atoms with Crippen molar-refractivity contribution >= 4 is 11.9 Å². The van der Waals surface area contributed by atoms with E-state index in [1.54, 1.807) is 12.4 Å². The zero-order valence-electron chi connectivity index (χ0n) is 6.24. The van der Waals surface area contributed by atoms with Crippen molar-refractivity contribution in [1.29, 1.82) is 0 Å². The van der Waals surface area contributed by atoms with Gasteiger partial charge in [-0.05, 0) is 6.92 Å². The number of hydrogen-bond donors (Lipinski definition) is 4. The van der Waals surface area contributed by atoms with E-state index in [4.69, 9.17) is 16.7 Å². The van der Waals surface area contributed by atoms with E-state index in [0.717, 1.165) is 0 Å². The van der Waals surface area contributed by atoms with Crippen LogP contribution in [0.3, 0.4) is 0 Å². The Labute approximate surface area is 64.2 Å². The first-order valence-corrected chi connectivity index (χ1v) is 3.08. The maximum absolute atomic E-state index is 10.3. The van der Waals surface area contributed by atoms with Gasteiger partial charge in [-0.25, -0.2) is 10.5 Å². The maximum atomic E-state index is 10.3. The van der Waals surface area contributed by atoms with Crippen molar-refractivity contribution in [3.05, 3.63) is 0 Å². The second kappa shape index (κ2) is 4.51. The summed E-state index contributed by atoms with van der Waals surface area (Å²) in [6.45, 7) is 1.66. The van der Waals surface area contributed by atoms with E-state index in [2.05, 4.69) is 4.99 Å². The highest BCUT2D eigenvalue weighted by Crippen LogP contribution is 1.93. The molecule has 0 radical (unpaired) electrons. The highest BCUT2D eigenvalue weighted by atomic mass is 16.5. The van der Waals surface area contributed by atoms with Crippen LogP contribution in [-0.2, 0) is 4.79 Å². The molecule has 0 aliphatic heterocycles. The molecule has 0 saturated heterocycles. The van der Waals surface area contributed by atoms with Crippen LogP contribution < -0.4 is 16.9 Å². The van der Waals surface area contributed by atoms with Gasteiger partial charge in [0.25, 0.3) is 0 Å². The molecular weight excluding hydrogens is 148 g/mol. The number of nitrogens with zero attached hydrogens (tertiary/aromatic N) is 1. The zero-order valence-corrected chi connectivity index (χ0v) is 6.24. The van der Waals surface area contributed by atoms with Crippen LogP contribution in [0.4, 0.5) is 0 Å². The van der Waals surface area contributed by atoms with E-state index in [1.165, 1.54) is 0 Å². The number of hydroxylamine groups is 1. The van der Waals surface area contributed by atoms with Crippen LogP contribution >= 0.6 is 0 Å². The summed E-state index contributed by atoms with van der Waals surface area (Å²) >= 11 is 0. The number of nitrogens with two attached hydrogens (primary N) is 2. The number of primary amides is 1. The smallest absolute Gasteiger partial charge is 0.219 e. The quantitative estimate of drug-likeness (QED) is 0.229. The minimum atomic E-state index is -0.452. The monoisotopic (exact) mass is 160 g/mol. The highest BCUT2D eigenvalue weighted by Gasteiger charge is 2.03. The first-order valence-electron chi connectivity index (χ1n) is 3.08. The van der Waals surface area contributed by atoms with Crippen molar-refractivity contribution in [2.75, 3.05) is 0 Å². The van der Waals surface area contributed by atoms with Gasteiger partial charge in [0.15, 0.2) is 0 Å². The second-order valence-electron chi connectivity index (χ2n) is 2.15. The molecule has 64 valence electrons. The largest absolute Gasteiger partial charge is 0.370 e. The number of guanidine groups is 1. The topological polar surface area (TPSA) is 114 Å². The molecule has 1 amide bonds. The van der Waals surface area contributed by atoms with Crippen LogP contribution in [0.5, 0.6) is 0 Å². The maximum Gasteiger partial charge on any atom is 0.219 e. The van der Waals surface area contributed by atoms with Gasteiger partial charge < -0.3 is 11.5 Å². The number of aliphatic imine (C=N–C) groups is 1. The van der Waals surface area contributed by atoms with Gasteiger partial charge in [-0.3, -0.25) is 10.0 Å². The minimum Gasteiger partial charge on any atom is -0.370 e. The minimum absolute atomic E-state index is 0.113. The van der Waals surface area contributed by atoms with Crippen molar-refractivity contribution in [2.45, 2.75) is 19.4 Å². The first kappa shape index (κ1) is 9.70. The molecule has 1 unspecified atom stereocenters. The van der Waals surface area contributed by atoms with Crippen LogP contribution in [0, 0.1) is 0 Å². The summed E-state index contributed by atoms with van der Waals surface area (Å²) in [6, 6.07) is -0.313. The fourth-order valence-corrected chi connectivity index (χ4v) is 0.603. The van der Waals surface area contributed by atoms with E-state index < -0.39 is 5.91 Å². The molecule has 6 N–H and O–H groups in total. The summed E-state index contributed by atoms with van der Waals surface area (Å²) in [7, 11) is 0. The highest BCUT2D eigenvalue weighted by molar-refractivity contribution is 5.78. The molecule has 0 fully saturated rings. The lowest BCUT2D eigenvalue weighted by molar-refractivity contribution is -0.118. The lowest BCUT2D eigenvalue weighted by Crippen LogP contribution is -2.30. The Morgan fingerprint density at radius 3 is 2.64 bits per heavy atom. The van der Waals surface area contributed by atoms with Gasteiger partial charge in [0.05, 0.1) is 6.04 Å². The molecule has 6 nitrogen and oxygen atoms in total. The summed E-state index contributed by atoms with van der Waals surface area (Å²) in [4.78, 5) is 14.0. The van der Waals surface area contributed by atoms with Crippen LogP contribution in [-0.4, -0.2) is 23.1 Å². The number of carbonyl (C=O) groups is 1. The lowest BCUT2D eigenvalue weighted by Gasteiger charge is -2.03. The van der Waals surface area contributed by atoms with Gasteiger partial charge in [-0.2, -0.15) is 0 Å². The summed E-state index contributed by atoms with van der Waals surface area (Å²) in [6.07, 6.45) is 0.113. The van der Waals surface area contributed by atoms with Crippen molar-refractivity contribution in [3.8, 4) is 0 Å². The molecule has 0 aromatic rings. The molecule has 1 atom stereocenters. The van der Waals surface area contributed by atoms with E-state index >= 15 is 0 Å². The number of amides is 1. The molecule has 0 rings (SSSR count). The predicted octanol–water partition coefficient (Wildman–Crippen LogP) is -1.46. The fourth-order valence-electron chi connectivity index (χ4n) is 0.603. The number of carbonyl (C=O) groups excluding carboxylic acids is 1. The van der Waals surface area contributed by atoms with Crippen LogP contribution in [0.1, 0.15) is 13.3 Å². The Hall–Kier alpha value is -1.30. The molecule has 0 spiro atoms. The number of rotatable bonds is 3. The molecule has 0 heterocycles. The first-order chi connectivity index (χ1) is 5.06. The van der Waals surface area contributed by atoms with Gasteiger partial charge >= 0.3 is 0 Å². The van der Waals surface area contributed by atoms with Gasteiger partial charge in [0.2, 0.25) is 11.9 Å². The third-order valence-electron chi connectivity index (χ3n) is 0.971. The molecule has 0 saturated carbocycles. The Bertz CT molecular complexity index is 168. The Kier molecular flexibility index (Phi) is 3.97. The van der Waals surface area contributed by atoms with E-state index in [-0.39, 0.29) is 18.4 Å². The molecule has 0 aliphatic rings. The van der Waals surface area contributed by atoms with Crippen LogP contribution in [0.2, 0.25) is 0 Å². The summed E-state index contributed by atoms with van der Waals surface area (Å²) < 4.78 is 0. The number of hydrogen-bond acceptors (Lipinski definition) is 3. The van der Waals surface area contributed by atoms with Crippen molar-refractivity contribution in [2.24, 2.45) is 16.5 Å². The Morgan fingerprint density at radius 1 is 1.73 bits per heavy atom. The van der Waals surface area contributed by atoms with Crippen LogP contribution in [0.25, 0.3) is 0 Å². The molecule has 0 aromatic heterocycles. The summed E-state index contributed by atoms with van der Waals surface area (Å²) in [5, 5.41) is 8.20. The average Bonchev–Trinajstić information content (AvgIpc) is 1.85. The Balaban J connectivity index is 3.85. The van der Waals surface area contributed by atoms with Gasteiger partial charge in [0.1, 0.15) is 0 Å². The molecule has 0 aromatic carbocycles. The molecule has 6 heteroatoms. The summed E-state index contributed by atoms with van der Waals surface area (Å²) in [5.74, 6) is -0.578.